The minimum Gasteiger partial charge on any atom is -0.481 e. The van der Waals surface area contributed by atoms with Gasteiger partial charge in [0.25, 0.3) is 0 Å². The van der Waals surface area contributed by atoms with Gasteiger partial charge in [-0.25, -0.2) is 6.08 Å². The van der Waals surface area contributed by atoms with Gasteiger partial charge in [0.1, 0.15) is 12.4 Å². The first kappa shape index (κ1) is 15.9. The molecule has 1 aromatic rings. The fourth-order valence-electron chi connectivity index (χ4n) is 1.83. The van der Waals surface area contributed by atoms with Crippen LogP contribution in [0.2, 0.25) is 0 Å². The second kappa shape index (κ2) is 7.48. The maximum Gasteiger partial charge on any atom is 0.222 e. The number of rotatable bonds is 3. The van der Waals surface area contributed by atoms with E-state index in [0.717, 1.165) is 17.0 Å². The number of carbonyl (C=O) groups is 1. The Morgan fingerprint density at radius 1 is 1.42 bits per heavy atom. The molecule has 2 rings (SSSR count). The SMILES string of the molecule is C#CCOc1ccc(C2=[C-]CCC(=O)N2C)cc1.[Y]. The first-order valence-electron chi connectivity index (χ1n) is 5.76. The summed E-state index contributed by atoms with van der Waals surface area (Å²) in [5, 5.41) is 0. The summed E-state index contributed by atoms with van der Waals surface area (Å²) in [5.41, 5.74) is 1.79. The standard InChI is InChI=1S/C15H14NO2.Y/c1-3-11-18-13-9-7-12(8-10-13)14-5-4-6-15(17)16(14)2;/h1,7-10H,4,6,11H2,2H3;/q-1;. The van der Waals surface area contributed by atoms with Crippen LogP contribution in [0.3, 0.4) is 0 Å². The molecule has 0 saturated heterocycles. The Morgan fingerprint density at radius 3 is 2.74 bits per heavy atom. The molecule has 1 amide bonds. The summed E-state index contributed by atoms with van der Waals surface area (Å²) in [6, 6.07) is 7.50. The van der Waals surface area contributed by atoms with Crippen LogP contribution >= 0.6 is 0 Å². The van der Waals surface area contributed by atoms with Crippen molar-refractivity contribution in [1.82, 2.24) is 4.90 Å². The third kappa shape index (κ3) is 3.93. The van der Waals surface area contributed by atoms with Crippen LogP contribution in [0, 0.1) is 18.4 Å². The third-order valence-electron chi connectivity index (χ3n) is 2.79. The van der Waals surface area contributed by atoms with E-state index in [4.69, 9.17) is 11.2 Å². The predicted molar refractivity (Wildman–Crippen MR) is 69.4 cm³/mol. The summed E-state index contributed by atoms with van der Waals surface area (Å²) in [6.45, 7) is 0.257. The van der Waals surface area contributed by atoms with Crippen molar-refractivity contribution < 1.29 is 42.2 Å². The molecule has 1 aliphatic rings. The normalized spacial score (nSPS) is 14.2. The molecule has 1 radical (unpaired) electrons. The molecule has 0 aromatic heterocycles. The molecule has 1 aromatic carbocycles. The van der Waals surface area contributed by atoms with E-state index in [1.807, 2.05) is 24.3 Å². The zero-order valence-corrected chi connectivity index (χ0v) is 13.7. The van der Waals surface area contributed by atoms with Gasteiger partial charge in [-0.3, -0.25) is 4.79 Å². The van der Waals surface area contributed by atoms with Crippen LogP contribution in [0.1, 0.15) is 18.4 Å². The summed E-state index contributed by atoms with van der Waals surface area (Å²) in [4.78, 5) is 13.2. The first-order chi connectivity index (χ1) is 8.72. The van der Waals surface area contributed by atoms with Gasteiger partial charge in [-0.05, 0) is 12.1 Å². The van der Waals surface area contributed by atoms with Gasteiger partial charge >= 0.3 is 0 Å². The number of amides is 1. The quantitative estimate of drug-likeness (QED) is 0.628. The Bertz CT molecular complexity index is 514. The molecule has 0 atom stereocenters. The van der Waals surface area contributed by atoms with Gasteiger partial charge < -0.3 is 9.64 Å². The fraction of sp³-hybridized carbons (Fsp3) is 0.267. The van der Waals surface area contributed by atoms with Crippen molar-refractivity contribution in [2.24, 2.45) is 0 Å². The number of benzene rings is 1. The second-order valence-corrected chi connectivity index (χ2v) is 4.00. The van der Waals surface area contributed by atoms with Crippen molar-refractivity contribution in [3.05, 3.63) is 35.9 Å². The van der Waals surface area contributed by atoms with Crippen LogP contribution in [-0.2, 0) is 37.5 Å². The van der Waals surface area contributed by atoms with Crippen LogP contribution in [0.5, 0.6) is 5.75 Å². The van der Waals surface area contributed by atoms with E-state index in [1.165, 1.54) is 0 Å². The van der Waals surface area contributed by atoms with E-state index in [1.54, 1.807) is 11.9 Å². The maximum absolute atomic E-state index is 11.6. The van der Waals surface area contributed by atoms with Gasteiger partial charge in [0, 0.05) is 46.2 Å². The van der Waals surface area contributed by atoms with E-state index in [2.05, 4.69) is 12.0 Å². The Balaban J connectivity index is 0.00000180. The monoisotopic (exact) mass is 329 g/mol. The molecular weight excluding hydrogens is 315 g/mol. The van der Waals surface area contributed by atoms with Crippen molar-refractivity contribution >= 4 is 11.6 Å². The van der Waals surface area contributed by atoms with Crippen LogP contribution in [-0.4, -0.2) is 24.5 Å². The molecule has 4 heteroatoms. The zero-order chi connectivity index (χ0) is 13.0. The summed E-state index contributed by atoms with van der Waals surface area (Å²) in [7, 11) is 1.77. The number of ether oxygens (including phenoxy) is 1. The summed E-state index contributed by atoms with van der Waals surface area (Å²) in [6.07, 6.45) is 9.56. The minimum absolute atomic E-state index is 0. The van der Waals surface area contributed by atoms with Crippen LogP contribution in [0.4, 0.5) is 0 Å². The smallest absolute Gasteiger partial charge is 0.222 e. The minimum atomic E-state index is 0. The van der Waals surface area contributed by atoms with Crippen molar-refractivity contribution in [1.29, 1.82) is 0 Å². The first-order valence-corrected chi connectivity index (χ1v) is 5.76. The molecule has 1 aliphatic heterocycles. The van der Waals surface area contributed by atoms with Crippen LogP contribution in [0.25, 0.3) is 5.70 Å². The molecule has 95 valence electrons. The van der Waals surface area contributed by atoms with Crippen LogP contribution < -0.4 is 4.74 Å². The Kier molecular flexibility index (Phi) is 6.28. The third-order valence-corrected chi connectivity index (χ3v) is 2.79. The van der Waals surface area contributed by atoms with Gasteiger partial charge in [-0.15, -0.1) is 30.7 Å². The number of terminal acetylenes is 1. The van der Waals surface area contributed by atoms with Crippen molar-refractivity contribution in [2.45, 2.75) is 12.8 Å². The number of allylic oxidation sites excluding steroid dienone is 1. The average Bonchev–Trinajstić information content (AvgIpc) is 2.40. The predicted octanol–water partition coefficient (Wildman–Crippen LogP) is 2.09. The topological polar surface area (TPSA) is 29.5 Å². The summed E-state index contributed by atoms with van der Waals surface area (Å²) in [5.74, 6) is 3.26. The fourth-order valence-corrected chi connectivity index (χ4v) is 1.83. The summed E-state index contributed by atoms with van der Waals surface area (Å²) >= 11 is 0. The maximum atomic E-state index is 11.6. The number of hydrogen-bond donors (Lipinski definition) is 0. The van der Waals surface area contributed by atoms with Gasteiger partial charge in [0.2, 0.25) is 5.91 Å². The van der Waals surface area contributed by atoms with E-state index in [0.29, 0.717) is 12.8 Å². The Labute approximate surface area is 138 Å². The average molecular weight is 329 g/mol. The molecule has 0 saturated carbocycles. The van der Waals surface area contributed by atoms with E-state index in [-0.39, 0.29) is 45.2 Å². The Morgan fingerprint density at radius 2 is 2.11 bits per heavy atom. The zero-order valence-electron chi connectivity index (χ0n) is 10.8. The summed E-state index contributed by atoms with van der Waals surface area (Å²) < 4.78 is 5.30. The largest absolute Gasteiger partial charge is 0.481 e. The molecule has 19 heavy (non-hydrogen) atoms. The van der Waals surface area contributed by atoms with Crippen LogP contribution in [0.15, 0.2) is 24.3 Å². The van der Waals surface area contributed by atoms with Gasteiger partial charge in [-0.2, -0.15) is 5.56 Å². The molecule has 0 unspecified atom stereocenters. The second-order valence-electron chi connectivity index (χ2n) is 4.00. The molecule has 0 N–H and O–H groups in total. The molecule has 0 aliphatic carbocycles. The van der Waals surface area contributed by atoms with Gasteiger partial charge in [0.05, 0.1) is 0 Å². The van der Waals surface area contributed by atoms with E-state index >= 15 is 0 Å². The van der Waals surface area contributed by atoms with E-state index in [9.17, 15) is 4.79 Å². The number of nitrogens with zero attached hydrogens (tertiary/aromatic N) is 1. The molecule has 1 heterocycles. The molecule has 3 nitrogen and oxygen atoms in total. The molecule has 0 spiro atoms. The molecular formula is C15H14NO2Y-. The van der Waals surface area contributed by atoms with E-state index < -0.39 is 0 Å². The Hall–Kier alpha value is -1.11. The number of hydrogen-bond acceptors (Lipinski definition) is 2. The van der Waals surface area contributed by atoms with Gasteiger partial charge in [-0.1, -0.05) is 5.92 Å². The molecule has 0 fully saturated rings. The van der Waals surface area contributed by atoms with Crippen molar-refractivity contribution in [3.63, 3.8) is 0 Å². The van der Waals surface area contributed by atoms with Crippen molar-refractivity contribution in [3.8, 4) is 18.1 Å². The van der Waals surface area contributed by atoms with Gasteiger partial charge in [0.15, 0.2) is 0 Å². The number of carbonyl (C=O) groups excluding carboxylic acids is 1. The van der Waals surface area contributed by atoms with Crippen molar-refractivity contribution in [2.75, 3.05) is 13.7 Å². The molecule has 0 bridgehead atoms.